The van der Waals surface area contributed by atoms with Crippen molar-refractivity contribution in [3.05, 3.63) is 35.9 Å². The van der Waals surface area contributed by atoms with Gasteiger partial charge in [-0.05, 0) is 31.2 Å². The second kappa shape index (κ2) is 15.7. The number of carbonyl (C=O) groups is 1. The summed E-state index contributed by atoms with van der Waals surface area (Å²) in [5.74, 6) is 0. The van der Waals surface area contributed by atoms with E-state index in [2.05, 4.69) is 33.0 Å². The maximum absolute atomic E-state index is 10.7. The SMILES string of the molecule is CCCC[P+](CCCC)(CCCC)CCCC.O=C1NC(c2ccccc2)CO1. The molecule has 166 valence electrons. The van der Waals surface area contributed by atoms with Crippen LogP contribution in [0.1, 0.15) is 90.7 Å². The molecule has 0 saturated carbocycles. The number of cyclic esters (lactones) is 1. The van der Waals surface area contributed by atoms with Crippen molar-refractivity contribution in [2.45, 2.75) is 85.1 Å². The molecule has 0 spiro atoms. The zero-order valence-corrected chi connectivity index (χ0v) is 20.3. The second-order valence-corrected chi connectivity index (χ2v) is 12.8. The molecule has 1 aliphatic rings. The van der Waals surface area contributed by atoms with Gasteiger partial charge in [-0.1, -0.05) is 83.7 Å². The number of hydrogen-bond acceptors (Lipinski definition) is 2. The molecule has 0 radical (unpaired) electrons. The Hall–Kier alpha value is -1.08. The number of rotatable bonds is 13. The number of nitrogens with one attached hydrogen (secondary N) is 1. The smallest absolute Gasteiger partial charge is 0.407 e. The summed E-state index contributed by atoms with van der Waals surface area (Å²) in [5, 5.41) is 2.71. The van der Waals surface area contributed by atoms with E-state index >= 15 is 0 Å². The van der Waals surface area contributed by atoms with E-state index in [4.69, 9.17) is 4.74 Å². The molecule has 1 aliphatic heterocycles. The molecule has 1 aromatic carbocycles. The summed E-state index contributed by atoms with van der Waals surface area (Å²) in [7, 11) is -0.562. The van der Waals surface area contributed by atoms with Crippen molar-refractivity contribution < 1.29 is 9.53 Å². The minimum absolute atomic E-state index is 0.0266. The molecule has 4 heteroatoms. The van der Waals surface area contributed by atoms with E-state index < -0.39 is 7.26 Å². The Morgan fingerprint density at radius 3 is 1.62 bits per heavy atom. The minimum atomic E-state index is -0.562. The molecule has 0 bridgehead atoms. The van der Waals surface area contributed by atoms with E-state index in [-0.39, 0.29) is 12.1 Å². The predicted octanol–water partition coefficient (Wildman–Crippen LogP) is 7.67. The van der Waals surface area contributed by atoms with Gasteiger partial charge >= 0.3 is 6.09 Å². The van der Waals surface area contributed by atoms with Gasteiger partial charge in [0.05, 0.1) is 30.7 Å². The number of carbonyl (C=O) groups excluding carboxylic acids is 1. The second-order valence-electron chi connectivity index (χ2n) is 8.36. The van der Waals surface area contributed by atoms with Gasteiger partial charge in [0, 0.05) is 7.26 Å². The number of amides is 1. The Morgan fingerprint density at radius 2 is 1.28 bits per heavy atom. The van der Waals surface area contributed by atoms with E-state index in [0.717, 1.165) is 5.56 Å². The van der Waals surface area contributed by atoms with Crippen LogP contribution in [-0.4, -0.2) is 37.3 Å². The van der Waals surface area contributed by atoms with Gasteiger partial charge in [0.1, 0.15) is 6.61 Å². The van der Waals surface area contributed by atoms with Crippen molar-refractivity contribution in [3.8, 4) is 0 Å². The Labute approximate surface area is 180 Å². The number of alkyl carbamates (subject to hydrolysis) is 1. The van der Waals surface area contributed by atoms with Gasteiger partial charge in [0.25, 0.3) is 0 Å². The molecular weight excluding hydrogens is 377 g/mol. The van der Waals surface area contributed by atoms with E-state index in [1.54, 1.807) is 24.6 Å². The fraction of sp³-hybridized carbons (Fsp3) is 0.720. The summed E-state index contributed by atoms with van der Waals surface area (Å²) < 4.78 is 4.77. The van der Waals surface area contributed by atoms with Crippen LogP contribution in [0.2, 0.25) is 0 Å². The van der Waals surface area contributed by atoms with Gasteiger partial charge in [0.2, 0.25) is 0 Å². The molecule has 0 aromatic heterocycles. The Bertz CT molecular complexity index is 497. The maximum Gasteiger partial charge on any atom is 0.407 e. The van der Waals surface area contributed by atoms with Crippen LogP contribution in [0.3, 0.4) is 0 Å². The average Bonchev–Trinajstić information content (AvgIpc) is 3.20. The number of benzene rings is 1. The van der Waals surface area contributed by atoms with Gasteiger partial charge in [-0.15, -0.1) is 0 Å². The first-order valence-corrected chi connectivity index (χ1v) is 14.5. The summed E-state index contributed by atoms with van der Waals surface area (Å²) in [6.45, 7) is 9.85. The van der Waals surface area contributed by atoms with E-state index in [1.807, 2.05) is 30.3 Å². The third-order valence-electron chi connectivity index (χ3n) is 5.82. The van der Waals surface area contributed by atoms with Gasteiger partial charge < -0.3 is 10.1 Å². The molecule has 1 aromatic rings. The number of ether oxygens (including phenoxy) is 1. The van der Waals surface area contributed by atoms with Crippen LogP contribution in [0.25, 0.3) is 0 Å². The zero-order chi connectivity index (χ0) is 21.4. The number of unbranched alkanes of at least 4 members (excludes halogenated alkanes) is 4. The highest BCUT2D eigenvalue weighted by atomic mass is 31.2. The molecule has 1 fully saturated rings. The molecule has 1 amide bonds. The third-order valence-corrected chi connectivity index (χ3v) is 10.9. The van der Waals surface area contributed by atoms with Crippen LogP contribution in [0.15, 0.2) is 30.3 Å². The summed E-state index contributed by atoms with van der Waals surface area (Å²) in [4.78, 5) is 10.7. The first kappa shape index (κ1) is 26.0. The lowest BCUT2D eigenvalue weighted by Crippen LogP contribution is -2.17. The molecule has 29 heavy (non-hydrogen) atoms. The molecule has 1 unspecified atom stereocenters. The molecule has 1 saturated heterocycles. The van der Waals surface area contributed by atoms with Crippen molar-refractivity contribution in [1.29, 1.82) is 0 Å². The topological polar surface area (TPSA) is 38.3 Å². The summed E-state index contributed by atoms with van der Waals surface area (Å²) in [5.41, 5.74) is 1.09. The standard InChI is InChI=1S/C16H36P.C9H9NO2/c1-5-9-13-17(14-10-6-2,15-11-7-3)16-12-8-4;11-9-10-8(6-12-9)7-4-2-1-3-5-7/h5-16H2,1-4H3;1-5,8H,6H2,(H,10,11)/q+1;. The van der Waals surface area contributed by atoms with Gasteiger partial charge in [-0.2, -0.15) is 0 Å². The summed E-state index contributed by atoms with van der Waals surface area (Å²) >= 11 is 0. The van der Waals surface area contributed by atoms with Crippen molar-refractivity contribution >= 4 is 13.4 Å². The van der Waals surface area contributed by atoms with Crippen LogP contribution in [0.5, 0.6) is 0 Å². The van der Waals surface area contributed by atoms with Crippen molar-refractivity contribution in [3.63, 3.8) is 0 Å². The Kier molecular flexibility index (Phi) is 14.1. The Morgan fingerprint density at radius 1 is 0.828 bits per heavy atom. The molecule has 3 nitrogen and oxygen atoms in total. The predicted molar refractivity (Wildman–Crippen MR) is 130 cm³/mol. The highest BCUT2D eigenvalue weighted by molar-refractivity contribution is 7.75. The first-order valence-electron chi connectivity index (χ1n) is 11.9. The highest BCUT2D eigenvalue weighted by Gasteiger charge is 2.34. The van der Waals surface area contributed by atoms with Crippen LogP contribution in [-0.2, 0) is 4.74 Å². The summed E-state index contributed by atoms with van der Waals surface area (Å²) in [6.07, 6.45) is 17.6. The quantitative estimate of drug-likeness (QED) is 0.331. The molecule has 0 aliphatic carbocycles. The van der Waals surface area contributed by atoms with Gasteiger partial charge in [-0.25, -0.2) is 4.79 Å². The third kappa shape index (κ3) is 10.5. The van der Waals surface area contributed by atoms with E-state index in [0.29, 0.717) is 6.61 Å². The number of hydrogen-bond donors (Lipinski definition) is 1. The lowest BCUT2D eigenvalue weighted by atomic mass is 10.1. The van der Waals surface area contributed by atoms with E-state index in [9.17, 15) is 4.79 Å². The fourth-order valence-electron chi connectivity index (χ4n) is 3.89. The largest absolute Gasteiger partial charge is 0.447 e. The monoisotopic (exact) mass is 422 g/mol. The Balaban J connectivity index is 0.000000304. The lowest BCUT2D eigenvalue weighted by molar-refractivity contribution is 0.177. The van der Waals surface area contributed by atoms with Crippen LogP contribution < -0.4 is 5.32 Å². The van der Waals surface area contributed by atoms with Crippen molar-refractivity contribution in [2.24, 2.45) is 0 Å². The van der Waals surface area contributed by atoms with Gasteiger partial charge in [-0.3, -0.25) is 0 Å². The van der Waals surface area contributed by atoms with Crippen molar-refractivity contribution in [2.75, 3.05) is 31.3 Å². The fourth-order valence-corrected chi connectivity index (χ4v) is 9.18. The molecule has 2 rings (SSSR count). The first-order chi connectivity index (χ1) is 14.1. The highest BCUT2D eigenvalue weighted by Crippen LogP contribution is 2.61. The average molecular weight is 423 g/mol. The van der Waals surface area contributed by atoms with Crippen LogP contribution >= 0.6 is 7.26 Å². The summed E-state index contributed by atoms with van der Waals surface area (Å²) in [6, 6.07) is 9.80. The molecule has 1 heterocycles. The van der Waals surface area contributed by atoms with Gasteiger partial charge in [0.15, 0.2) is 0 Å². The zero-order valence-electron chi connectivity index (χ0n) is 19.4. The van der Waals surface area contributed by atoms with Crippen LogP contribution in [0.4, 0.5) is 4.79 Å². The normalized spacial score (nSPS) is 16.0. The molecular formula is C25H45NO2P+. The van der Waals surface area contributed by atoms with Crippen LogP contribution in [0, 0.1) is 0 Å². The molecule has 1 N–H and O–H groups in total. The minimum Gasteiger partial charge on any atom is -0.447 e. The lowest BCUT2D eigenvalue weighted by Gasteiger charge is -2.28. The van der Waals surface area contributed by atoms with Crippen molar-refractivity contribution in [1.82, 2.24) is 5.32 Å². The maximum atomic E-state index is 10.7. The molecule has 1 atom stereocenters. The van der Waals surface area contributed by atoms with E-state index in [1.165, 1.54) is 51.4 Å².